The van der Waals surface area contributed by atoms with Crippen LogP contribution in [0.25, 0.3) is 22.6 Å². The van der Waals surface area contributed by atoms with Gasteiger partial charge in [-0.3, -0.25) is 9.55 Å². The highest BCUT2D eigenvalue weighted by Crippen LogP contribution is 2.37. The maximum atomic E-state index is 10.3. The molecule has 1 aromatic carbocycles. The fraction of sp³-hybridized carbons (Fsp3) is 0.273. The summed E-state index contributed by atoms with van der Waals surface area (Å²) < 4.78 is 13.6. The summed E-state index contributed by atoms with van der Waals surface area (Å²) in [5.41, 5.74) is 8.53. The zero-order valence-electron chi connectivity index (χ0n) is 17.1. The Morgan fingerprint density at radius 3 is 2.69 bits per heavy atom. The van der Waals surface area contributed by atoms with Gasteiger partial charge < -0.3 is 25.4 Å². The fourth-order valence-corrected chi connectivity index (χ4v) is 3.80. The number of ether oxygens (including phenoxy) is 2. The molecule has 3 aromatic heterocycles. The maximum absolute atomic E-state index is 10.3. The van der Waals surface area contributed by atoms with E-state index in [9.17, 15) is 10.2 Å². The van der Waals surface area contributed by atoms with Gasteiger partial charge in [0.25, 0.3) is 0 Å². The molecule has 4 N–H and O–H groups in total. The first kappa shape index (κ1) is 20.3. The molecular weight excluding hydrogens is 412 g/mol. The second-order valence-corrected chi connectivity index (χ2v) is 7.50. The molecule has 0 saturated carbocycles. The number of anilines is 1. The molecule has 0 radical (unpaired) electrons. The van der Waals surface area contributed by atoms with Gasteiger partial charge in [-0.1, -0.05) is 30.3 Å². The Morgan fingerprint density at radius 2 is 1.97 bits per heavy atom. The summed E-state index contributed by atoms with van der Waals surface area (Å²) in [5.74, 6) is 0.794. The Bertz CT molecular complexity index is 1220. The summed E-state index contributed by atoms with van der Waals surface area (Å²) in [6.07, 6.45) is 1.46. The summed E-state index contributed by atoms with van der Waals surface area (Å²) in [4.78, 5) is 17.6. The molecule has 0 amide bonds. The zero-order chi connectivity index (χ0) is 22.1. The number of hydrogen-bond donors (Lipinski definition) is 3. The van der Waals surface area contributed by atoms with E-state index in [0.717, 1.165) is 11.1 Å². The number of rotatable bonds is 6. The normalized spacial score (nSPS) is 20.6. The predicted octanol–water partition coefficient (Wildman–Crippen LogP) is 1.69. The summed E-state index contributed by atoms with van der Waals surface area (Å²) in [6.45, 7) is -0.0121. The van der Waals surface area contributed by atoms with Crippen LogP contribution in [-0.4, -0.2) is 53.5 Å². The highest BCUT2D eigenvalue weighted by atomic mass is 16.5. The van der Waals surface area contributed by atoms with Crippen LogP contribution in [0.2, 0.25) is 0 Å². The second-order valence-electron chi connectivity index (χ2n) is 7.50. The van der Waals surface area contributed by atoms with E-state index in [1.165, 1.54) is 0 Å². The lowest BCUT2D eigenvalue weighted by Gasteiger charge is -2.17. The van der Waals surface area contributed by atoms with E-state index in [0.29, 0.717) is 17.0 Å². The topological polar surface area (TPSA) is 141 Å². The number of aliphatic hydroxyl groups excluding tert-OH is 2. The van der Waals surface area contributed by atoms with E-state index in [1.54, 1.807) is 23.0 Å². The number of aromatic nitrogens is 5. The predicted molar refractivity (Wildman–Crippen MR) is 115 cm³/mol. The third kappa shape index (κ3) is 3.75. The first-order chi connectivity index (χ1) is 15.6. The molecule has 4 heterocycles. The number of aliphatic hydroxyl groups is 2. The molecule has 5 rings (SSSR count). The minimum atomic E-state index is -0.822. The Balaban J connectivity index is 1.62. The SMILES string of the molecule is Nc1nc(OCc2ccccc2)c2nc(-c3cccnc3)n([C@H]3C[C@H](O)[C@@H](CO)O3)c2n1. The van der Waals surface area contributed by atoms with Gasteiger partial charge in [0, 0.05) is 24.4 Å². The Hall–Kier alpha value is -3.60. The van der Waals surface area contributed by atoms with Crippen LogP contribution in [-0.2, 0) is 11.3 Å². The molecule has 1 fully saturated rings. The third-order valence-electron chi connectivity index (χ3n) is 5.34. The molecule has 164 valence electrons. The number of fused-ring (bicyclic) bond motifs is 1. The summed E-state index contributed by atoms with van der Waals surface area (Å²) >= 11 is 0. The van der Waals surface area contributed by atoms with Crippen LogP contribution in [0, 0.1) is 0 Å². The number of hydrogen-bond acceptors (Lipinski definition) is 9. The van der Waals surface area contributed by atoms with Crippen LogP contribution in [0.4, 0.5) is 5.95 Å². The molecule has 1 aliphatic rings. The number of nitrogens with zero attached hydrogens (tertiary/aromatic N) is 5. The molecule has 10 nitrogen and oxygen atoms in total. The van der Waals surface area contributed by atoms with E-state index < -0.39 is 18.4 Å². The maximum Gasteiger partial charge on any atom is 0.247 e. The molecule has 10 heteroatoms. The van der Waals surface area contributed by atoms with Crippen molar-refractivity contribution in [1.82, 2.24) is 24.5 Å². The average Bonchev–Trinajstić information content (AvgIpc) is 3.38. The smallest absolute Gasteiger partial charge is 0.247 e. The van der Waals surface area contributed by atoms with Crippen molar-refractivity contribution in [2.75, 3.05) is 12.3 Å². The van der Waals surface area contributed by atoms with Crippen molar-refractivity contribution in [2.24, 2.45) is 0 Å². The summed E-state index contributed by atoms with van der Waals surface area (Å²) in [6, 6.07) is 13.3. The first-order valence-corrected chi connectivity index (χ1v) is 10.2. The first-order valence-electron chi connectivity index (χ1n) is 10.2. The molecule has 0 bridgehead atoms. The van der Waals surface area contributed by atoms with Gasteiger partial charge in [0.05, 0.1) is 12.7 Å². The lowest BCUT2D eigenvalue weighted by molar-refractivity contribution is -0.0426. The van der Waals surface area contributed by atoms with E-state index in [1.807, 2.05) is 36.4 Å². The summed E-state index contributed by atoms with van der Waals surface area (Å²) in [7, 11) is 0. The van der Waals surface area contributed by atoms with Gasteiger partial charge in [-0.25, -0.2) is 4.98 Å². The number of imidazole rings is 1. The Morgan fingerprint density at radius 1 is 1.12 bits per heavy atom. The third-order valence-corrected chi connectivity index (χ3v) is 5.34. The number of nitrogens with two attached hydrogens (primary N) is 1. The highest BCUT2D eigenvalue weighted by molar-refractivity contribution is 5.82. The molecule has 4 aromatic rings. The zero-order valence-corrected chi connectivity index (χ0v) is 17.1. The van der Waals surface area contributed by atoms with Gasteiger partial charge in [-0.05, 0) is 17.7 Å². The molecule has 3 atom stereocenters. The quantitative estimate of drug-likeness (QED) is 0.413. The van der Waals surface area contributed by atoms with Gasteiger partial charge in [0.2, 0.25) is 11.8 Å². The van der Waals surface area contributed by atoms with Crippen molar-refractivity contribution in [3.8, 4) is 17.3 Å². The van der Waals surface area contributed by atoms with Crippen molar-refractivity contribution >= 4 is 17.1 Å². The van der Waals surface area contributed by atoms with Gasteiger partial charge in [0.1, 0.15) is 24.8 Å². The van der Waals surface area contributed by atoms with Crippen molar-refractivity contribution in [3.63, 3.8) is 0 Å². The van der Waals surface area contributed by atoms with E-state index >= 15 is 0 Å². The van der Waals surface area contributed by atoms with Crippen molar-refractivity contribution in [3.05, 3.63) is 60.4 Å². The van der Waals surface area contributed by atoms with Crippen LogP contribution < -0.4 is 10.5 Å². The van der Waals surface area contributed by atoms with E-state index in [2.05, 4.69) is 15.0 Å². The van der Waals surface area contributed by atoms with Crippen molar-refractivity contribution in [2.45, 2.75) is 31.5 Å². The van der Waals surface area contributed by atoms with Gasteiger partial charge >= 0.3 is 0 Å². The standard InChI is InChI=1S/C22H22N6O4/c23-22-26-20-18(21(27-22)31-12-13-5-2-1-3-6-13)25-19(14-7-4-8-24-10-14)28(20)17-9-15(30)16(11-29)32-17/h1-8,10,15-17,29-30H,9,11-12H2,(H2,23,26,27)/t15-,16+,17+/m0/s1. The van der Waals surface area contributed by atoms with Crippen molar-refractivity contribution < 1.29 is 19.7 Å². The fourth-order valence-electron chi connectivity index (χ4n) is 3.80. The lowest BCUT2D eigenvalue weighted by atomic mass is 10.2. The molecule has 1 saturated heterocycles. The molecule has 1 aliphatic heterocycles. The minimum Gasteiger partial charge on any atom is -0.471 e. The summed E-state index contributed by atoms with van der Waals surface area (Å²) in [5, 5.41) is 19.8. The van der Waals surface area contributed by atoms with Crippen LogP contribution in [0.5, 0.6) is 5.88 Å². The second kappa shape index (κ2) is 8.50. The minimum absolute atomic E-state index is 0.0247. The van der Waals surface area contributed by atoms with Gasteiger partial charge in [-0.15, -0.1) is 0 Å². The Kier molecular flexibility index (Phi) is 5.39. The largest absolute Gasteiger partial charge is 0.471 e. The van der Waals surface area contributed by atoms with Gasteiger partial charge in [-0.2, -0.15) is 9.97 Å². The molecule has 32 heavy (non-hydrogen) atoms. The number of benzene rings is 1. The Labute approximate surface area is 183 Å². The van der Waals surface area contributed by atoms with E-state index in [-0.39, 0.29) is 31.5 Å². The molecular formula is C22H22N6O4. The van der Waals surface area contributed by atoms with Crippen LogP contribution in [0.1, 0.15) is 18.2 Å². The molecule has 0 spiro atoms. The lowest BCUT2D eigenvalue weighted by Crippen LogP contribution is -2.24. The highest BCUT2D eigenvalue weighted by Gasteiger charge is 2.37. The van der Waals surface area contributed by atoms with Crippen LogP contribution in [0.3, 0.4) is 0 Å². The molecule has 0 aliphatic carbocycles. The van der Waals surface area contributed by atoms with E-state index in [4.69, 9.17) is 20.2 Å². The average molecular weight is 434 g/mol. The van der Waals surface area contributed by atoms with Gasteiger partial charge in [0.15, 0.2) is 11.2 Å². The number of pyridine rings is 1. The molecule has 0 unspecified atom stereocenters. The monoisotopic (exact) mass is 434 g/mol. The van der Waals surface area contributed by atoms with Crippen LogP contribution >= 0.6 is 0 Å². The van der Waals surface area contributed by atoms with Crippen molar-refractivity contribution in [1.29, 1.82) is 0 Å². The van der Waals surface area contributed by atoms with Crippen LogP contribution in [0.15, 0.2) is 54.9 Å². The number of nitrogen functional groups attached to an aromatic ring is 1.